The van der Waals surface area contributed by atoms with Gasteiger partial charge in [0.2, 0.25) is 0 Å². The maximum absolute atomic E-state index is 13.2. The van der Waals surface area contributed by atoms with Crippen LogP contribution < -0.4 is 10.9 Å². The zero-order valence-corrected chi connectivity index (χ0v) is 22.6. The molecule has 1 N–H and O–H groups in total. The summed E-state index contributed by atoms with van der Waals surface area (Å²) in [4.78, 5) is 50.0. The van der Waals surface area contributed by atoms with Gasteiger partial charge in [-0.25, -0.2) is 0 Å². The average molecular weight is 549 g/mol. The number of thiophene rings is 1. The van der Waals surface area contributed by atoms with Gasteiger partial charge in [0.15, 0.2) is 0 Å². The van der Waals surface area contributed by atoms with E-state index in [1.54, 1.807) is 51.2 Å². The molecule has 0 saturated heterocycles. The van der Waals surface area contributed by atoms with Crippen LogP contribution in [-0.4, -0.2) is 45.4 Å². The number of aromatic nitrogens is 3. The lowest BCUT2D eigenvalue weighted by Gasteiger charge is -2.18. The lowest BCUT2D eigenvalue weighted by atomic mass is 9.96. The second kappa shape index (κ2) is 12.2. The van der Waals surface area contributed by atoms with E-state index < -0.39 is 17.4 Å². The van der Waals surface area contributed by atoms with E-state index >= 15 is 0 Å². The van der Waals surface area contributed by atoms with E-state index in [4.69, 9.17) is 21.1 Å². The monoisotopic (exact) mass is 548 g/mol. The van der Waals surface area contributed by atoms with Crippen molar-refractivity contribution in [3.05, 3.63) is 56.1 Å². The number of pyridine rings is 1. The van der Waals surface area contributed by atoms with Gasteiger partial charge in [-0.05, 0) is 24.3 Å². The number of halogens is 1. The quantitative estimate of drug-likeness (QED) is 0.295. The summed E-state index contributed by atoms with van der Waals surface area (Å²) in [6.45, 7) is 7.08. The summed E-state index contributed by atoms with van der Waals surface area (Å²) >= 11 is 7.45. The van der Waals surface area contributed by atoms with E-state index in [1.165, 1.54) is 27.5 Å². The second-order valence-corrected chi connectivity index (χ2v) is 11.0. The molecule has 0 unspecified atom stereocenters. The van der Waals surface area contributed by atoms with Crippen molar-refractivity contribution in [2.24, 2.45) is 5.41 Å². The van der Waals surface area contributed by atoms with E-state index in [1.807, 2.05) is 6.07 Å². The number of anilines is 1. The number of nitrogens with zero attached hydrogens (tertiary/aromatic N) is 3. The Hall–Kier alpha value is -3.44. The van der Waals surface area contributed by atoms with Gasteiger partial charge in [-0.1, -0.05) is 32.4 Å². The van der Waals surface area contributed by atoms with Crippen molar-refractivity contribution in [1.82, 2.24) is 14.3 Å². The van der Waals surface area contributed by atoms with Crippen LogP contribution in [0.5, 0.6) is 0 Å². The molecule has 0 radical (unpaired) electrons. The van der Waals surface area contributed by atoms with Gasteiger partial charge in [-0.2, -0.15) is 9.78 Å². The molecular weight excluding hydrogens is 520 g/mol. The van der Waals surface area contributed by atoms with Crippen molar-refractivity contribution >= 4 is 46.6 Å². The number of carbonyl (C=O) groups is 3. The lowest BCUT2D eigenvalue weighted by Crippen LogP contribution is -2.29. The third kappa shape index (κ3) is 7.77. The fraction of sp³-hybridized carbons (Fsp3) is 0.400. The number of carbonyl (C=O) groups excluding carboxylic acids is 3. The molecule has 0 atom stereocenters. The molecule has 198 valence electrons. The molecule has 0 bridgehead atoms. The molecule has 3 heterocycles. The topological polar surface area (TPSA) is 122 Å². The van der Waals surface area contributed by atoms with Gasteiger partial charge < -0.3 is 19.4 Å². The maximum atomic E-state index is 13.2. The van der Waals surface area contributed by atoms with Crippen molar-refractivity contribution in [3.8, 4) is 11.3 Å². The first kappa shape index (κ1) is 28.1. The molecule has 0 aliphatic rings. The van der Waals surface area contributed by atoms with Crippen LogP contribution in [0.15, 0.2) is 41.3 Å². The lowest BCUT2D eigenvalue weighted by molar-refractivity contribution is -0.151. The Labute approximate surface area is 223 Å². The Morgan fingerprint density at radius 3 is 2.51 bits per heavy atom. The highest BCUT2D eigenvalue weighted by molar-refractivity contribution is 7.16. The molecule has 3 aromatic rings. The molecule has 3 rings (SSSR count). The molecule has 37 heavy (non-hydrogen) atoms. The van der Waals surface area contributed by atoms with Crippen LogP contribution in [0, 0.1) is 5.41 Å². The standard InChI is InChI=1S/C25H29ClN4O6S/c1-16(31)35-12-13-36-22(32)9-11-29-10-5-6-18(23(29)33)19-14-21(27-15-17-7-8-20(26)37-17)30(28-19)24(34)25(2,3)4/h5-8,10,14,27H,9,11-13,15H2,1-4H3. The second-order valence-electron chi connectivity index (χ2n) is 9.17. The van der Waals surface area contributed by atoms with Crippen LogP contribution >= 0.6 is 22.9 Å². The predicted octanol–water partition coefficient (Wildman–Crippen LogP) is 4.22. The summed E-state index contributed by atoms with van der Waals surface area (Å²) in [6, 6.07) is 8.64. The first-order valence-electron chi connectivity index (χ1n) is 11.6. The van der Waals surface area contributed by atoms with Crippen molar-refractivity contribution in [2.75, 3.05) is 18.5 Å². The Kier molecular flexibility index (Phi) is 9.28. The molecular formula is C25H29ClN4O6S. The van der Waals surface area contributed by atoms with Crippen molar-refractivity contribution in [1.29, 1.82) is 0 Å². The van der Waals surface area contributed by atoms with E-state index in [2.05, 4.69) is 10.4 Å². The largest absolute Gasteiger partial charge is 0.462 e. The van der Waals surface area contributed by atoms with E-state index in [-0.39, 0.29) is 43.2 Å². The molecule has 0 saturated carbocycles. The highest BCUT2D eigenvalue weighted by atomic mass is 35.5. The zero-order valence-electron chi connectivity index (χ0n) is 21.1. The normalized spacial score (nSPS) is 11.3. The summed E-state index contributed by atoms with van der Waals surface area (Å²) in [5.41, 5.74) is -0.459. The molecule has 0 aliphatic carbocycles. The molecule has 10 nitrogen and oxygen atoms in total. The third-order valence-electron chi connectivity index (χ3n) is 5.12. The average Bonchev–Trinajstić information content (AvgIpc) is 3.44. The number of nitrogens with one attached hydrogen (secondary N) is 1. The number of ether oxygens (including phenoxy) is 2. The molecule has 0 amide bonds. The highest BCUT2D eigenvalue weighted by Crippen LogP contribution is 2.26. The first-order valence-corrected chi connectivity index (χ1v) is 12.8. The van der Waals surface area contributed by atoms with Gasteiger partial charge >= 0.3 is 11.9 Å². The van der Waals surface area contributed by atoms with Crippen LogP contribution in [0.2, 0.25) is 4.34 Å². The Morgan fingerprint density at radius 2 is 1.86 bits per heavy atom. The molecule has 0 aliphatic heterocycles. The fourth-order valence-electron chi connectivity index (χ4n) is 3.27. The predicted molar refractivity (Wildman–Crippen MR) is 141 cm³/mol. The number of hydrogen-bond acceptors (Lipinski definition) is 9. The smallest absolute Gasteiger partial charge is 0.307 e. The highest BCUT2D eigenvalue weighted by Gasteiger charge is 2.27. The van der Waals surface area contributed by atoms with Crippen LogP contribution in [0.3, 0.4) is 0 Å². The van der Waals surface area contributed by atoms with E-state index in [9.17, 15) is 19.2 Å². The van der Waals surface area contributed by atoms with Gasteiger partial charge in [0.25, 0.3) is 11.5 Å². The number of aryl methyl sites for hydroxylation is 1. The van der Waals surface area contributed by atoms with Gasteiger partial charge in [0, 0.05) is 36.0 Å². The summed E-state index contributed by atoms with van der Waals surface area (Å²) < 4.78 is 13.1. The Balaban J connectivity index is 1.79. The van der Waals surface area contributed by atoms with Crippen LogP contribution in [0.1, 0.15) is 43.8 Å². The van der Waals surface area contributed by atoms with E-state index in [0.29, 0.717) is 22.4 Å². The van der Waals surface area contributed by atoms with E-state index in [0.717, 1.165) is 4.88 Å². The minimum atomic E-state index is -0.710. The molecule has 0 fully saturated rings. The molecule has 0 aromatic carbocycles. The summed E-state index contributed by atoms with van der Waals surface area (Å²) in [6.07, 6.45) is 1.52. The summed E-state index contributed by atoms with van der Waals surface area (Å²) in [5.74, 6) is -0.770. The van der Waals surface area contributed by atoms with Crippen molar-refractivity contribution < 1.29 is 23.9 Å². The molecule has 0 spiro atoms. The number of rotatable bonds is 10. The molecule has 12 heteroatoms. The number of hydrogen-bond donors (Lipinski definition) is 1. The first-order chi connectivity index (χ1) is 17.5. The third-order valence-corrected chi connectivity index (χ3v) is 6.35. The number of esters is 2. The van der Waals surface area contributed by atoms with Gasteiger partial charge in [-0.3, -0.25) is 19.2 Å². The van der Waals surface area contributed by atoms with Crippen LogP contribution in [0.4, 0.5) is 5.82 Å². The van der Waals surface area contributed by atoms with Crippen LogP contribution in [0.25, 0.3) is 11.3 Å². The van der Waals surface area contributed by atoms with Gasteiger partial charge in [0.1, 0.15) is 24.7 Å². The summed E-state index contributed by atoms with van der Waals surface area (Å²) in [5, 5.41) is 7.68. The van der Waals surface area contributed by atoms with Gasteiger partial charge in [0.05, 0.1) is 22.9 Å². The van der Waals surface area contributed by atoms with Crippen LogP contribution in [-0.2, 0) is 32.2 Å². The SMILES string of the molecule is CC(=O)OCCOC(=O)CCn1cccc(-c2cc(NCc3ccc(Cl)s3)n(C(=O)C(C)(C)C)n2)c1=O. The minimum absolute atomic E-state index is 0.0255. The molecule has 3 aromatic heterocycles. The minimum Gasteiger partial charge on any atom is -0.462 e. The fourth-order valence-corrected chi connectivity index (χ4v) is 4.30. The maximum Gasteiger partial charge on any atom is 0.307 e. The summed E-state index contributed by atoms with van der Waals surface area (Å²) in [7, 11) is 0. The zero-order chi connectivity index (χ0) is 27.2. The Morgan fingerprint density at radius 1 is 1.14 bits per heavy atom. The van der Waals surface area contributed by atoms with Crippen molar-refractivity contribution in [3.63, 3.8) is 0 Å². The Bertz CT molecular complexity index is 1340. The van der Waals surface area contributed by atoms with Crippen molar-refractivity contribution in [2.45, 2.75) is 47.2 Å². The van der Waals surface area contributed by atoms with Gasteiger partial charge in [-0.15, -0.1) is 11.3 Å².